The Morgan fingerprint density at radius 3 is 3.00 bits per heavy atom. The third-order valence-corrected chi connectivity index (χ3v) is 2.65. The number of aryl methyl sites for hydroxylation is 1. The molecule has 0 fully saturated rings. The third-order valence-electron chi connectivity index (χ3n) is 2.65. The second-order valence-corrected chi connectivity index (χ2v) is 4.15. The molecule has 0 saturated heterocycles. The minimum atomic E-state index is -1.10. The lowest BCUT2D eigenvalue weighted by Crippen LogP contribution is -2.03. The van der Waals surface area contributed by atoms with Gasteiger partial charge in [-0.2, -0.15) is 4.80 Å². The van der Waals surface area contributed by atoms with E-state index in [-0.39, 0.29) is 12.3 Å². The van der Waals surface area contributed by atoms with Crippen LogP contribution in [-0.4, -0.2) is 31.3 Å². The van der Waals surface area contributed by atoms with E-state index in [9.17, 15) is 4.79 Å². The van der Waals surface area contributed by atoms with Gasteiger partial charge in [-0.1, -0.05) is 0 Å². The first-order valence-electron chi connectivity index (χ1n) is 5.78. The van der Waals surface area contributed by atoms with E-state index in [1.165, 1.54) is 11.1 Å². The summed E-state index contributed by atoms with van der Waals surface area (Å²) in [4.78, 5) is 12.2. The normalized spacial score (nSPS) is 10.8. The molecule has 3 aromatic rings. The number of aromatic carboxylic acids is 1. The molecule has 8 nitrogen and oxygen atoms in total. The van der Waals surface area contributed by atoms with Crippen LogP contribution in [0.5, 0.6) is 0 Å². The van der Waals surface area contributed by atoms with Crippen molar-refractivity contribution in [1.29, 1.82) is 0 Å². The van der Waals surface area contributed by atoms with Gasteiger partial charge >= 0.3 is 5.97 Å². The Hall–Kier alpha value is -2.90. The molecule has 3 rings (SSSR count). The first-order chi connectivity index (χ1) is 9.63. The van der Waals surface area contributed by atoms with Crippen LogP contribution in [0.3, 0.4) is 0 Å². The number of furan rings is 2. The molecule has 0 saturated carbocycles. The summed E-state index contributed by atoms with van der Waals surface area (Å²) in [5.41, 5.74) is 0.555. The molecule has 0 atom stereocenters. The van der Waals surface area contributed by atoms with E-state index in [1.807, 2.05) is 0 Å². The Morgan fingerprint density at radius 1 is 1.50 bits per heavy atom. The summed E-state index contributed by atoms with van der Waals surface area (Å²) < 4.78 is 10.4. The van der Waals surface area contributed by atoms with Crippen molar-refractivity contribution < 1.29 is 18.7 Å². The van der Waals surface area contributed by atoms with Crippen molar-refractivity contribution in [2.45, 2.75) is 13.5 Å². The van der Waals surface area contributed by atoms with E-state index in [4.69, 9.17) is 13.9 Å². The molecule has 0 radical (unpaired) electrons. The monoisotopic (exact) mass is 274 g/mol. The number of hydrogen-bond donors (Lipinski definition) is 1. The summed E-state index contributed by atoms with van der Waals surface area (Å²) in [6, 6.07) is 5.09. The topological polar surface area (TPSA) is 107 Å². The molecular formula is C12H10N4O4. The molecular weight excluding hydrogens is 264 g/mol. The van der Waals surface area contributed by atoms with Gasteiger partial charge in [0.05, 0.1) is 6.26 Å². The molecule has 3 aromatic heterocycles. The van der Waals surface area contributed by atoms with Gasteiger partial charge in [0, 0.05) is 5.56 Å². The molecule has 0 unspecified atom stereocenters. The number of carbonyl (C=O) groups is 1. The van der Waals surface area contributed by atoms with Crippen LogP contribution in [0.2, 0.25) is 0 Å². The van der Waals surface area contributed by atoms with Gasteiger partial charge in [-0.3, -0.25) is 0 Å². The molecule has 20 heavy (non-hydrogen) atoms. The van der Waals surface area contributed by atoms with E-state index >= 15 is 0 Å². The minimum Gasteiger partial charge on any atom is -0.475 e. The predicted octanol–water partition coefficient (Wildman–Crippen LogP) is 1.58. The zero-order chi connectivity index (χ0) is 14.1. The highest BCUT2D eigenvalue weighted by Crippen LogP contribution is 2.16. The maximum absolute atomic E-state index is 10.9. The maximum Gasteiger partial charge on any atom is 0.372 e. The summed E-state index contributed by atoms with van der Waals surface area (Å²) in [5.74, 6) is 0.140. The number of aromatic nitrogens is 4. The van der Waals surface area contributed by atoms with Crippen molar-refractivity contribution in [2.75, 3.05) is 0 Å². The highest BCUT2D eigenvalue weighted by molar-refractivity contribution is 5.86. The van der Waals surface area contributed by atoms with E-state index < -0.39 is 5.97 Å². The van der Waals surface area contributed by atoms with Crippen molar-refractivity contribution in [3.8, 4) is 11.6 Å². The van der Waals surface area contributed by atoms with Gasteiger partial charge in [0.2, 0.25) is 11.6 Å². The van der Waals surface area contributed by atoms with E-state index in [2.05, 4.69) is 15.4 Å². The molecule has 0 aliphatic rings. The lowest BCUT2D eigenvalue weighted by Gasteiger charge is -1.93. The van der Waals surface area contributed by atoms with Gasteiger partial charge in [-0.25, -0.2) is 4.79 Å². The Morgan fingerprint density at radius 2 is 2.35 bits per heavy atom. The van der Waals surface area contributed by atoms with E-state index in [0.717, 1.165) is 0 Å². The first-order valence-corrected chi connectivity index (χ1v) is 5.78. The maximum atomic E-state index is 10.9. The number of hydrogen-bond acceptors (Lipinski definition) is 6. The number of nitrogens with zero attached hydrogens (tertiary/aromatic N) is 4. The van der Waals surface area contributed by atoms with E-state index in [1.54, 1.807) is 25.1 Å². The van der Waals surface area contributed by atoms with E-state index in [0.29, 0.717) is 22.9 Å². The predicted molar refractivity (Wildman–Crippen MR) is 65.0 cm³/mol. The zero-order valence-corrected chi connectivity index (χ0v) is 10.5. The van der Waals surface area contributed by atoms with Crippen molar-refractivity contribution in [2.24, 2.45) is 0 Å². The molecule has 102 valence electrons. The van der Waals surface area contributed by atoms with Crippen LogP contribution in [0, 0.1) is 6.92 Å². The van der Waals surface area contributed by atoms with Crippen LogP contribution >= 0.6 is 0 Å². The summed E-state index contributed by atoms with van der Waals surface area (Å²) in [5, 5.41) is 20.8. The summed E-state index contributed by atoms with van der Waals surface area (Å²) in [7, 11) is 0. The van der Waals surface area contributed by atoms with Gasteiger partial charge in [0.15, 0.2) is 5.76 Å². The molecule has 1 N–H and O–H groups in total. The Bertz CT molecular complexity index is 741. The molecule has 0 aliphatic heterocycles. The smallest absolute Gasteiger partial charge is 0.372 e. The summed E-state index contributed by atoms with van der Waals surface area (Å²) in [6.45, 7) is 1.86. The second kappa shape index (κ2) is 4.65. The fraction of sp³-hybridized carbons (Fsp3) is 0.167. The number of rotatable bonds is 4. The van der Waals surface area contributed by atoms with Crippen LogP contribution in [0.25, 0.3) is 11.6 Å². The fourth-order valence-electron chi connectivity index (χ4n) is 1.79. The van der Waals surface area contributed by atoms with Crippen LogP contribution in [0.4, 0.5) is 0 Å². The van der Waals surface area contributed by atoms with Crippen molar-refractivity contribution >= 4 is 5.97 Å². The molecule has 0 bridgehead atoms. The largest absolute Gasteiger partial charge is 0.475 e. The van der Waals surface area contributed by atoms with Crippen molar-refractivity contribution in [3.05, 3.63) is 41.5 Å². The zero-order valence-electron chi connectivity index (χ0n) is 10.5. The van der Waals surface area contributed by atoms with Crippen molar-refractivity contribution in [1.82, 2.24) is 20.2 Å². The van der Waals surface area contributed by atoms with Crippen LogP contribution in [0.15, 0.2) is 33.3 Å². The Kier molecular flexibility index (Phi) is 2.82. The van der Waals surface area contributed by atoms with Crippen LogP contribution in [0.1, 0.15) is 21.9 Å². The van der Waals surface area contributed by atoms with Crippen LogP contribution in [-0.2, 0) is 6.54 Å². The summed E-state index contributed by atoms with van der Waals surface area (Å²) in [6.07, 6.45) is 1.52. The SMILES string of the molecule is Cc1cc(Cn2nnc(-c3ccco3)n2)oc1C(=O)O. The highest BCUT2D eigenvalue weighted by Gasteiger charge is 2.16. The highest BCUT2D eigenvalue weighted by atomic mass is 16.4. The van der Waals surface area contributed by atoms with Gasteiger partial charge in [-0.15, -0.1) is 10.2 Å². The molecule has 0 aromatic carbocycles. The average Bonchev–Trinajstić information content (AvgIpc) is 3.09. The Balaban J connectivity index is 1.82. The lowest BCUT2D eigenvalue weighted by molar-refractivity contribution is 0.0659. The van der Waals surface area contributed by atoms with Gasteiger partial charge < -0.3 is 13.9 Å². The average molecular weight is 274 g/mol. The molecule has 3 heterocycles. The Labute approximate surface area is 112 Å². The fourth-order valence-corrected chi connectivity index (χ4v) is 1.79. The van der Waals surface area contributed by atoms with Gasteiger partial charge in [-0.05, 0) is 30.3 Å². The first kappa shape index (κ1) is 12.2. The number of tetrazole rings is 1. The van der Waals surface area contributed by atoms with Crippen LogP contribution < -0.4 is 0 Å². The molecule has 0 aliphatic carbocycles. The number of carboxylic acids is 1. The van der Waals surface area contributed by atoms with Gasteiger partial charge in [0.25, 0.3) is 0 Å². The second-order valence-electron chi connectivity index (χ2n) is 4.15. The standard InChI is InChI=1S/C12H10N4O4/c1-7-5-8(20-10(7)12(17)18)6-16-14-11(13-15-16)9-3-2-4-19-9/h2-5H,6H2,1H3,(H,17,18). The quantitative estimate of drug-likeness (QED) is 0.769. The third kappa shape index (κ3) is 2.18. The minimum absolute atomic E-state index is 0.0774. The molecule has 0 spiro atoms. The van der Waals surface area contributed by atoms with Crippen molar-refractivity contribution in [3.63, 3.8) is 0 Å². The summed E-state index contributed by atoms with van der Waals surface area (Å²) >= 11 is 0. The lowest BCUT2D eigenvalue weighted by atomic mass is 10.2. The molecule has 8 heteroatoms. The molecule has 0 amide bonds. The number of carboxylic acid groups (broad SMARTS) is 1. The van der Waals surface area contributed by atoms with Gasteiger partial charge in [0.1, 0.15) is 12.3 Å².